The summed E-state index contributed by atoms with van der Waals surface area (Å²) in [5.74, 6) is 1.15. The van der Waals surface area contributed by atoms with E-state index < -0.39 is 8.32 Å². The van der Waals surface area contributed by atoms with Crippen LogP contribution in [-0.2, 0) is 9.22 Å². The Morgan fingerprint density at radius 1 is 1.30 bits per heavy atom. The van der Waals surface area contributed by atoms with E-state index in [1.54, 1.807) is 0 Å². The Balaban J connectivity index is 2.07. The fourth-order valence-corrected chi connectivity index (χ4v) is 7.16. The fraction of sp³-hybridized carbons (Fsp3) is 0.824. The fourth-order valence-electron chi connectivity index (χ4n) is 3.94. The lowest BCUT2D eigenvalue weighted by molar-refractivity contribution is -0.147. The Bertz CT molecular complexity index is 386. The molecule has 0 aromatic heterocycles. The molecule has 2 aliphatic rings. The number of rotatable bonds is 7. The van der Waals surface area contributed by atoms with Crippen molar-refractivity contribution in [1.29, 1.82) is 0 Å². The van der Waals surface area contributed by atoms with Gasteiger partial charge in [0.1, 0.15) is 0 Å². The maximum atomic E-state index is 12.8. The topological polar surface area (TPSA) is 26.3 Å². The first-order valence-electron chi connectivity index (χ1n) is 8.41. The van der Waals surface area contributed by atoms with Crippen molar-refractivity contribution in [3.8, 4) is 0 Å². The molecule has 0 amide bonds. The Hall–Kier alpha value is -0.573. The Morgan fingerprint density at radius 2 is 2.00 bits per heavy atom. The van der Waals surface area contributed by atoms with Crippen LogP contribution in [0.3, 0.4) is 0 Å². The average molecular weight is 295 g/mol. The molecule has 2 bridgehead atoms. The molecule has 2 nitrogen and oxygen atoms in total. The van der Waals surface area contributed by atoms with Gasteiger partial charge in [-0.25, -0.2) is 0 Å². The van der Waals surface area contributed by atoms with Gasteiger partial charge in [0, 0.05) is 0 Å². The molecule has 0 aliphatic heterocycles. The van der Waals surface area contributed by atoms with E-state index in [0.717, 1.165) is 31.0 Å². The number of fused-ring (bicyclic) bond motifs is 2. The second kappa shape index (κ2) is 6.04. The van der Waals surface area contributed by atoms with Gasteiger partial charge in [0.15, 0.2) is 0 Å². The Morgan fingerprint density at radius 3 is 2.45 bits per heavy atom. The van der Waals surface area contributed by atoms with Crippen molar-refractivity contribution in [3.05, 3.63) is 12.2 Å². The van der Waals surface area contributed by atoms with Crippen LogP contribution in [0, 0.1) is 17.3 Å². The van der Waals surface area contributed by atoms with Gasteiger partial charge in [-0.3, -0.25) is 4.79 Å². The molecule has 114 valence electrons. The average Bonchev–Trinajstić information content (AvgIpc) is 3.04. The van der Waals surface area contributed by atoms with Crippen molar-refractivity contribution in [2.75, 3.05) is 0 Å². The summed E-state index contributed by atoms with van der Waals surface area (Å²) >= 11 is 0. The molecule has 0 aromatic carbocycles. The van der Waals surface area contributed by atoms with E-state index in [0.29, 0.717) is 11.8 Å². The number of hydrogen-bond donors (Lipinski definition) is 0. The minimum absolute atomic E-state index is 0.112. The lowest BCUT2D eigenvalue weighted by atomic mass is 9.78. The quantitative estimate of drug-likeness (QED) is 0.492. The number of carbonyl (C=O) groups excluding carboxylic acids is 1. The van der Waals surface area contributed by atoms with Gasteiger partial charge in [-0.15, -0.1) is 0 Å². The lowest BCUT2D eigenvalue weighted by Crippen LogP contribution is -2.45. The van der Waals surface area contributed by atoms with Gasteiger partial charge in [0.05, 0.1) is 5.41 Å². The first-order chi connectivity index (χ1) is 9.49. The molecule has 3 heteroatoms. The molecule has 1 saturated carbocycles. The molecule has 0 radical (unpaired) electrons. The van der Waals surface area contributed by atoms with Gasteiger partial charge in [-0.05, 0) is 49.7 Å². The molecule has 0 N–H and O–H groups in total. The highest BCUT2D eigenvalue weighted by Crippen LogP contribution is 2.53. The third-order valence-corrected chi connectivity index (χ3v) is 10.2. The van der Waals surface area contributed by atoms with E-state index in [9.17, 15) is 4.79 Å². The van der Waals surface area contributed by atoms with Crippen LogP contribution in [-0.4, -0.2) is 14.3 Å². The van der Waals surface area contributed by atoms with E-state index in [4.69, 9.17) is 4.43 Å². The van der Waals surface area contributed by atoms with Crippen molar-refractivity contribution in [1.82, 2.24) is 0 Å². The first kappa shape index (κ1) is 15.8. The summed E-state index contributed by atoms with van der Waals surface area (Å²) in [4.78, 5) is 12.8. The van der Waals surface area contributed by atoms with Gasteiger partial charge >= 0.3 is 0 Å². The van der Waals surface area contributed by atoms with Gasteiger partial charge in [-0.1, -0.05) is 45.8 Å². The number of carbonyl (C=O) groups is 1. The van der Waals surface area contributed by atoms with E-state index >= 15 is 0 Å². The predicted molar refractivity (Wildman–Crippen MR) is 86.0 cm³/mol. The molecule has 3 unspecified atom stereocenters. The highest BCUT2D eigenvalue weighted by Gasteiger charge is 2.52. The molecule has 0 aromatic rings. The molecule has 0 saturated heterocycles. The van der Waals surface area contributed by atoms with Gasteiger partial charge in [0.2, 0.25) is 0 Å². The summed E-state index contributed by atoms with van der Waals surface area (Å²) < 4.78 is 6.24. The zero-order valence-electron chi connectivity index (χ0n) is 13.6. The smallest absolute Gasteiger partial charge is 0.299 e. The summed E-state index contributed by atoms with van der Waals surface area (Å²) in [5, 5.41) is 0. The minimum atomic E-state index is -1.84. The normalized spacial score (nSPS) is 31.8. The first-order valence-corrected chi connectivity index (χ1v) is 10.9. The summed E-state index contributed by atoms with van der Waals surface area (Å²) in [7, 11) is -1.84. The molecule has 0 heterocycles. The van der Waals surface area contributed by atoms with Crippen LogP contribution in [0.15, 0.2) is 12.2 Å². The summed E-state index contributed by atoms with van der Waals surface area (Å²) in [6, 6.07) is 3.27. The molecule has 2 aliphatic carbocycles. The van der Waals surface area contributed by atoms with Gasteiger partial charge in [0.25, 0.3) is 14.3 Å². The van der Waals surface area contributed by atoms with Gasteiger partial charge < -0.3 is 4.43 Å². The van der Waals surface area contributed by atoms with Crippen LogP contribution in [0.25, 0.3) is 0 Å². The van der Waals surface area contributed by atoms with E-state index in [2.05, 4.69) is 39.8 Å². The Kier molecular flexibility index (Phi) is 4.78. The second-order valence-electron chi connectivity index (χ2n) is 6.99. The summed E-state index contributed by atoms with van der Waals surface area (Å²) in [6.45, 7) is 8.77. The van der Waals surface area contributed by atoms with E-state index in [1.807, 2.05) is 0 Å². The molecule has 3 atom stereocenters. The summed E-state index contributed by atoms with van der Waals surface area (Å²) in [6.07, 6.45) is 9.09. The summed E-state index contributed by atoms with van der Waals surface area (Å²) in [5.41, 5.74) is -0.242. The van der Waals surface area contributed by atoms with Crippen LogP contribution in [0.4, 0.5) is 0 Å². The highest BCUT2D eigenvalue weighted by atomic mass is 28.4. The van der Waals surface area contributed by atoms with Crippen LogP contribution in [0.1, 0.15) is 53.4 Å². The number of hydrogen-bond acceptors (Lipinski definition) is 2. The van der Waals surface area contributed by atoms with Crippen molar-refractivity contribution >= 4 is 14.3 Å². The standard InChI is InChI=1S/C17H30O2Si/c1-5-8-11-20(6-2,7-3)19-16(18)17(4)13-14-9-10-15(17)12-14/h9-10,14-15H,5-8,11-13H2,1-4H3. The van der Waals surface area contributed by atoms with Crippen molar-refractivity contribution in [2.24, 2.45) is 17.3 Å². The molecule has 2 rings (SSSR count). The maximum Gasteiger partial charge on any atom is 0.299 e. The molecule has 20 heavy (non-hydrogen) atoms. The van der Waals surface area contributed by atoms with Crippen LogP contribution in [0.5, 0.6) is 0 Å². The Labute approximate surface area is 125 Å². The molecule has 0 spiro atoms. The largest absolute Gasteiger partial charge is 0.519 e. The monoisotopic (exact) mass is 294 g/mol. The highest BCUT2D eigenvalue weighted by molar-refractivity contribution is 6.75. The van der Waals surface area contributed by atoms with Gasteiger partial charge in [-0.2, -0.15) is 0 Å². The van der Waals surface area contributed by atoms with Crippen molar-refractivity contribution < 1.29 is 9.22 Å². The number of unbranched alkanes of at least 4 members (excludes halogenated alkanes) is 1. The minimum Gasteiger partial charge on any atom is -0.519 e. The lowest BCUT2D eigenvalue weighted by Gasteiger charge is -2.36. The molecule has 1 fully saturated rings. The third-order valence-electron chi connectivity index (χ3n) is 5.73. The van der Waals surface area contributed by atoms with Crippen molar-refractivity contribution in [2.45, 2.75) is 71.5 Å². The van der Waals surface area contributed by atoms with E-state index in [-0.39, 0.29) is 11.4 Å². The molecular formula is C17H30O2Si. The second-order valence-corrected chi connectivity index (χ2v) is 11.5. The third kappa shape index (κ3) is 2.74. The zero-order valence-corrected chi connectivity index (χ0v) is 14.6. The van der Waals surface area contributed by atoms with Crippen LogP contribution >= 0.6 is 0 Å². The van der Waals surface area contributed by atoms with Crippen LogP contribution in [0.2, 0.25) is 18.1 Å². The SMILES string of the molecule is CCCC[Si](CC)(CC)OC(=O)C1(C)CC2C=CC1C2. The van der Waals surface area contributed by atoms with Crippen molar-refractivity contribution in [3.63, 3.8) is 0 Å². The molecular weight excluding hydrogens is 264 g/mol. The maximum absolute atomic E-state index is 12.8. The zero-order chi connectivity index (χ0) is 14.8. The predicted octanol–water partition coefficient (Wildman–Crippen LogP) is 4.92. The van der Waals surface area contributed by atoms with E-state index in [1.165, 1.54) is 12.8 Å². The number of allylic oxidation sites excluding steroid dienone is 2. The van der Waals surface area contributed by atoms with Crippen LogP contribution < -0.4 is 0 Å².